The van der Waals surface area contributed by atoms with E-state index in [0.29, 0.717) is 6.54 Å². The topological polar surface area (TPSA) is 29.1 Å². The summed E-state index contributed by atoms with van der Waals surface area (Å²) in [5.74, 6) is -0.0294. The Bertz CT molecular complexity index is 778. The number of amides is 1. The van der Waals surface area contributed by atoms with Gasteiger partial charge >= 0.3 is 0 Å². The molecule has 1 aromatic heterocycles. The van der Waals surface area contributed by atoms with Gasteiger partial charge in [0.15, 0.2) is 0 Å². The minimum atomic E-state index is -0.0294. The molecule has 3 heteroatoms. The normalized spacial score (nSPS) is 10.4. The SMILES string of the molecule is Cc1ccccc1C(=O)NCc1ccccc1-c1ccsc1. The standard InChI is InChI=1S/C19H17NOS/c1-14-6-2-4-8-17(14)19(21)20-12-15-7-3-5-9-18(15)16-10-11-22-13-16/h2-11,13H,12H2,1H3,(H,20,21). The lowest BCUT2D eigenvalue weighted by molar-refractivity contribution is 0.0950. The summed E-state index contributed by atoms with van der Waals surface area (Å²) in [5.41, 5.74) is 5.23. The minimum Gasteiger partial charge on any atom is -0.348 e. The maximum Gasteiger partial charge on any atom is 0.251 e. The molecule has 0 fully saturated rings. The van der Waals surface area contributed by atoms with Crippen molar-refractivity contribution in [1.82, 2.24) is 5.32 Å². The van der Waals surface area contributed by atoms with Crippen molar-refractivity contribution in [3.63, 3.8) is 0 Å². The van der Waals surface area contributed by atoms with Crippen LogP contribution < -0.4 is 5.32 Å². The first-order chi connectivity index (χ1) is 10.8. The van der Waals surface area contributed by atoms with Crippen LogP contribution in [-0.2, 0) is 6.54 Å². The molecule has 2 aromatic carbocycles. The van der Waals surface area contributed by atoms with Gasteiger partial charge in [0.05, 0.1) is 0 Å². The van der Waals surface area contributed by atoms with E-state index in [2.05, 4.69) is 34.3 Å². The van der Waals surface area contributed by atoms with Gasteiger partial charge in [-0.15, -0.1) is 0 Å². The summed E-state index contributed by atoms with van der Waals surface area (Å²) in [4.78, 5) is 12.3. The highest BCUT2D eigenvalue weighted by molar-refractivity contribution is 7.08. The van der Waals surface area contributed by atoms with E-state index >= 15 is 0 Å². The van der Waals surface area contributed by atoms with E-state index in [1.165, 1.54) is 11.1 Å². The summed E-state index contributed by atoms with van der Waals surface area (Å²) < 4.78 is 0. The second kappa shape index (κ2) is 6.58. The van der Waals surface area contributed by atoms with Crippen molar-refractivity contribution < 1.29 is 4.79 Å². The van der Waals surface area contributed by atoms with Crippen LogP contribution in [0.2, 0.25) is 0 Å². The van der Waals surface area contributed by atoms with Gasteiger partial charge in [0, 0.05) is 12.1 Å². The van der Waals surface area contributed by atoms with Crippen LogP contribution in [0.5, 0.6) is 0 Å². The predicted molar refractivity (Wildman–Crippen MR) is 92.1 cm³/mol. The Hall–Kier alpha value is -2.39. The van der Waals surface area contributed by atoms with Gasteiger partial charge in [-0.2, -0.15) is 11.3 Å². The molecule has 0 radical (unpaired) electrons. The molecular weight excluding hydrogens is 290 g/mol. The number of thiophene rings is 1. The zero-order chi connectivity index (χ0) is 15.4. The monoisotopic (exact) mass is 307 g/mol. The highest BCUT2D eigenvalue weighted by Gasteiger charge is 2.10. The molecule has 0 saturated heterocycles. The van der Waals surface area contributed by atoms with Gasteiger partial charge in [-0.25, -0.2) is 0 Å². The number of nitrogens with one attached hydrogen (secondary N) is 1. The van der Waals surface area contributed by atoms with Crippen LogP contribution in [0.3, 0.4) is 0 Å². The largest absolute Gasteiger partial charge is 0.348 e. The van der Waals surface area contributed by atoms with Crippen LogP contribution in [0.1, 0.15) is 21.5 Å². The van der Waals surface area contributed by atoms with E-state index in [-0.39, 0.29) is 5.91 Å². The van der Waals surface area contributed by atoms with Crippen molar-refractivity contribution in [3.8, 4) is 11.1 Å². The van der Waals surface area contributed by atoms with Crippen molar-refractivity contribution in [3.05, 3.63) is 82.0 Å². The number of hydrogen-bond acceptors (Lipinski definition) is 2. The summed E-state index contributed by atoms with van der Waals surface area (Å²) in [5, 5.41) is 7.22. The van der Waals surface area contributed by atoms with E-state index in [4.69, 9.17) is 0 Å². The van der Waals surface area contributed by atoms with Crippen molar-refractivity contribution >= 4 is 17.2 Å². The Labute approximate surface area is 134 Å². The molecule has 0 bridgehead atoms. The zero-order valence-electron chi connectivity index (χ0n) is 12.4. The Morgan fingerprint density at radius 3 is 2.59 bits per heavy atom. The third-order valence-corrected chi connectivity index (χ3v) is 4.36. The zero-order valence-corrected chi connectivity index (χ0v) is 13.2. The Kier molecular flexibility index (Phi) is 4.35. The number of rotatable bonds is 4. The molecule has 0 aliphatic carbocycles. The third-order valence-electron chi connectivity index (χ3n) is 3.68. The summed E-state index contributed by atoms with van der Waals surface area (Å²) in [6.07, 6.45) is 0. The van der Waals surface area contributed by atoms with Gasteiger partial charge < -0.3 is 5.32 Å². The number of carbonyl (C=O) groups excluding carboxylic acids is 1. The van der Waals surface area contributed by atoms with Gasteiger partial charge in [0.2, 0.25) is 0 Å². The smallest absolute Gasteiger partial charge is 0.251 e. The van der Waals surface area contributed by atoms with Crippen molar-refractivity contribution in [2.75, 3.05) is 0 Å². The van der Waals surface area contributed by atoms with Gasteiger partial charge in [-0.1, -0.05) is 42.5 Å². The van der Waals surface area contributed by atoms with Crippen molar-refractivity contribution in [1.29, 1.82) is 0 Å². The molecule has 1 amide bonds. The third kappa shape index (κ3) is 3.10. The first-order valence-electron chi connectivity index (χ1n) is 7.20. The Morgan fingerprint density at radius 2 is 1.82 bits per heavy atom. The number of aryl methyl sites for hydroxylation is 1. The lowest BCUT2D eigenvalue weighted by Crippen LogP contribution is -2.23. The molecule has 0 saturated carbocycles. The molecule has 2 nitrogen and oxygen atoms in total. The molecule has 0 aliphatic heterocycles. The fraction of sp³-hybridized carbons (Fsp3) is 0.105. The van der Waals surface area contributed by atoms with Crippen LogP contribution in [0.25, 0.3) is 11.1 Å². The highest BCUT2D eigenvalue weighted by Crippen LogP contribution is 2.25. The molecule has 0 unspecified atom stereocenters. The average Bonchev–Trinajstić information content (AvgIpc) is 3.07. The van der Waals surface area contributed by atoms with E-state index in [9.17, 15) is 4.79 Å². The molecule has 1 N–H and O–H groups in total. The summed E-state index contributed by atoms with van der Waals surface area (Å²) in [6.45, 7) is 2.48. The van der Waals surface area contributed by atoms with Gasteiger partial charge in [0.1, 0.15) is 0 Å². The van der Waals surface area contributed by atoms with Crippen molar-refractivity contribution in [2.45, 2.75) is 13.5 Å². The lowest BCUT2D eigenvalue weighted by atomic mass is 10.0. The van der Waals surface area contributed by atoms with Crippen LogP contribution in [0.15, 0.2) is 65.4 Å². The number of benzene rings is 2. The molecule has 110 valence electrons. The second-order valence-corrected chi connectivity index (χ2v) is 5.95. The maximum absolute atomic E-state index is 12.3. The van der Waals surface area contributed by atoms with E-state index in [1.807, 2.05) is 43.3 Å². The fourth-order valence-corrected chi connectivity index (χ4v) is 3.13. The predicted octanol–water partition coefficient (Wildman–Crippen LogP) is 4.65. The first kappa shape index (κ1) is 14.5. The molecule has 0 spiro atoms. The number of carbonyl (C=O) groups is 1. The summed E-state index contributed by atoms with van der Waals surface area (Å²) in [6, 6.07) is 17.9. The van der Waals surface area contributed by atoms with Crippen LogP contribution in [0, 0.1) is 6.92 Å². The molecule has 0 aliphatic rings. The Balaban J connectivity index is 1.78. The first-order valence-corrected chi connectivity index (χ1v) is 8.14. The van der Waals surface area contributed by atoms with Crippen LogP contribution in [-0.4, -0.2) is 5.91 Å². The highest BCUT2D eigenvalue weighted by atomic mass is 32.1. The lowest BCUT2D eigenvalue weighted by Gasteiger charge is -2.11. The maximum atomic E-state index is 12.3. The van der Waals surface area contributed by atoms with Crippen LogP contribution >= 0.6 is 11.3 Å². The molecule has 3 rings (SSSR count). The van der Waals surface area contributed by atoms with Gasteiger partial charge in [-0.05, 0) is 52.1 Å². The van der Waals surface area contributed by atoms with Gasteiger partial charge in [0.25, 0.3) is 5.91 Å². The molecule has 22 heavy (non-hydrogen) atoms. The van der Waals surface area contributed by atoms with E-state index in [1.54, 1.807) is 11.3 Å². The van der Waals surface area contributed by atoms with Crippen LogP contribution in [0.4, 0.5) is 0 Å². The minimum absolute atomic E-state index is 0.0294. The molecular formula is C19H17NOS. The molecule has 0 atom stereocenters. The van der Waals surface area contributed by atoms with Crippen molar-refractivity contribution in [2.24, 2.45) is 0 Å². The average molecular weight is 307 g/mol. The van der Waals surface area contributed by atoms with E-state index < -0.39 is 0 Å². The Morgan fingerprint density at radius 1 is 1.05 bits per heavy atom. The quantitative estimate of drug-likeness (QED) is 0.746. The second-order valence-electron chi connectivity index (χ2n) is 5.17. The van der Waals surface area contributed by atoms with E-state index in [0.717, 1.165) is 16.7 Å². The van der Waals surface area contributed by atoms with Gasteiger partial charge in [-0.3, -0.25) is 4.79 Å². The molecule has 1 heterocycles. The summed E-state index contributed by atoms with van der Waals surface area (Å²) >= 11 is 1.68. The number of hydrogen-bond donors (Lipinski definition) is 1. The fourth-order valence-electron chi connectivity index (χ4n) is 2.47. The molecule has 3 aromatic rings. The summed E-state index contributed by atoms with van der Waals surface area (Å²) in [7, 11) is 0.